The Kier molecular flexibility index (Phi) is 5.66. The summed E-state index contributed by atoms with van der Waals surface area (Å²) in [6, 6.07) is 3.33. The molecule has 0 bridgehead atoms. The van der Waals surface area contributed by atoms with E-state index >= 15 is 0 Å². The Balaban J connectivity index is 1.79. The fraction of sp³-hybridized carbons (Fsp3) is 0.611. The van der Waals surface area contributed by atoms with Crippen molar-refractivity contribution in [3.63, 3.8) is 0 Å². The molecule has 7 heteroatoms. The summed E-state index contributed by atoms with van der Waals surface area (Å²) in [4.78, 5) is 16.9. The van der Waals surface area contributed by atoms with Gasteiger partial charge in [-0.25, -0.2) is 8.78 Å². The van der Waals surface area contributed by atoms with Gasteiger partial charge in [-0.3, -0.25) is 9.69 Å². The monoisotopic (exact) mass is 354 g/mol. The lowest BCUT2D eigenvalue weighted by atomic mass is 9.88. The fourth-order valence-electron chi connectivity index (χ4n) is 3.98. The van der Waals surface area contributed by atoms with Crippen LogP contribution in [-0.4, -0.2) is 74.9 Å². The number of benzene rings is 1. The first kappa shape index (κ1) is 18.2. The van der Waals surface area contributed by atoms with E-state index in [2.05, 4.69) is 4.90 Å². The van der Waals surface area contributed by atoms with Gasteiger partial charge < -0.3 is 14.4 Å². The minimum Gasteiger partial charge on any atom is -0.383 e. The Morgan fingerprint density at radius 3 is 2.72 bits per heavy atom. The Bertz CT molecular complexity index is 628. The smallest absolute Gasteiger partial charge is 0.254 e. The Morgan fingerprint density at radius 1 is 1.24 bits per heavy atom. The van der Waals surface area contributed by atoms with E-state index in [0.29, 0.717) is 13.2 Å². The third-order valence-electron chi connectivity index (χ3n) is 5.28. The number of hydrogen-bond acceptors (Lipinski definition) is 4. The maximum atomic E-state index is 13.5. The molecule has 0 spiro atoms. The number of nitrogens with zero attached hydrogens (tertiary/aromatic N) is 2. The van der Waals surface area contributed by atoms with E-state index in [1.807, 2.05) is 0 Å². The van der Waals surface area contributed by atoms with E-state index < -0.39 is 11.6 Å². The van der Waals surface area contributed by atoms with Crippen molar-refractivity contribution in [1.82, 2.24) is 9.80 Å². The van der Waals surface area contributed by atoms with Crippen LogP contribution in [0, 0.1) is 17.6 Å². The molecule has 5 nitrogen and oxygen atoms in total. The van der Waals surface area contributed by atoms with Crippen molar-refractivity contribution in [3.8, 4) is 0 Å². The highest BCUT2D eigenvalue weighted by Gasteiger charge is 2.46. The lowest BCUT2D eigenvalue weighted by Gasteiger charge is -2.41. The highest BCUT2D eigenvalue weighted by Crippen LogP contribution is 2.33. The summed E-state index contributed by atoms with van der Waals surface area (Å²) in [6.45, 7) is 3.56. The van der Waals surface area contributed by atoms with Gasteiger partial charge in [-0.2, -0.15) is 0 Å². The first-order valence-electron chi connectivity index (χ1n) is 8.55. The summed E-state index contributed by atoms with van der Waals surface area (Å²) >= 11 is 0. The van der Waals surface area contributed by atoms with Crippen molar-refractivity contribution in [2.45, 2.75) is 18.6 Å². The van der Waals surface area contributed by atoms with Crippen LogP contribution in [0.4, 0.5) is 8.78 Å². The van der Waals surface area contributed by atoms with Crippen LogP contribution in [0.5, 0.6) is 0 Å². The number of likely N-dealkylation sites (tertiary alicyclic amines) is 2. The molecule has 3 atom stereocenters. The van der Waals surface area contributed by atoms with Gasteiger partial charge in [0.1, 0.15) is 0 Å². The molecule has 3 rings (SSSR count). The van der Waals surface area contributed by atoms with Crippen molar-refractivity contribution in [2.75, 3.05) is 47.0 Å². The minimum atomic E-state index is -0.998. The van der Waals surface area contributed by atoms with Crippen LogP contribution in [0.2, 0.25) is 0 Å². The predicted octanol–water partition coefficient (Wildman–Crippen LogP) is 1.77. The van der Waals surface area contributed by atoms with E-state index in [4.69, 9.17) is 9.47 Å². The molecule has 0 aliphatic carbocycles. The molecular formula is C18H24F2N2O3. The fourth-order valence-corrected chi connectivity index (χ4v) is 3.98. The number of fused-ring (bicyclic) bond motifs is 1. The summed E-state index contributed by atoms with van der Waals surface area (Å²) in [5.74, 6) is -1.98. The van der Waals surface area contributed by atoms with Crippen LogP contribution in [0.1, 0.15) is 16.8 Å². The van der Waals surface area contributed by atoms with E-state index in [9.17, 15) is 13.6 Å². The third-order valence-corrected chi connectivity index (χ3v) is 5.28. The van der Waals surface area contributed by atoms with E-state index in [0.717, 1.165) is 38.2 Å². The van der Waals surface area contributed by atoms with Crippen LogP contribution in [0.15, 0.2) is 18.2 Å². The van der Waals surface area contributed by atoms with Crippen LogP contribution in [0.3, 0.4) is 0 Å². The number of methoxy groups -OCH3 is 2. The maximum Gasteiger partial charge on any atom is 0.254 e. The molecule has 2 heterocycles. The largest absolute Gasteiger partial charge is 0.383 e. The molecular weight excluding hydrogens is 330 g/mol. The predicted molar refractivity (Wildman–Crippen MR) is 88.4 cm³/mol. The number of carbonyl (C=O) groups is 1. The van der Waals surface area contributed by atoms with Gasteiger partial charge >= 0.3 is 0 Å². The van der Waals surface area contributed by atoms with Gasteiger partial charge in [0.05, 0.1) is 18.8 Å². The van der Waals surface area contributed by atoms with E-state index in [1.54, 1.807) is 19.1 Å². The Hall–Kier alpha value is -1.57. The quantitative estimate of drug-likeness (QED) is 0.808. The van der Waals surface area contributed by atoms with Crippen molar-refractivity contribution in [3.05, 3.63) is 35.4 Å². The molecule has 138 valence electrons. The van der Waals surface area contributed by atoms with Crippen LogP contribution >= 0.6 is 0 Å². The zero-order valence-electron chi connectivity index (χ0n) is 14.6. The summed E-state index contributed by atoms with van der Waals surface area (Å²) in [7, 11) is 3.37. The van der Waals surface area contributed by atoms with Gasteiger partial charge in [0.15, 0.2) is 11.6 Å². The lowest BCUT2D eigenvalue weighted by Crippen LogP contribution is -2.53. The van der Waals surface area contributed by atoms with Crippen molar-refractivity contribution >= 4 is 5.91 Å². The molecule has 0 N–H and O–H groups in total. The molecule has 2 aliphatic heterocycles. The number of rotatable bonds is 5. The van der Waals surface area contributed by atoms with E-state index in [-0.39, 0.29) is 29.5 Å². The number of piperidine rings is 1. The molecule has 2 aliphatic rings. The summed E-state index contributed by atoms with van der Waals surface area (Å²) in [5.41, 5.74) is 0.184. The number of amides is 1. The Morgan fingerprint density at radius 2 is 2.04 bits per heavy atom. The molecule has 0 saturated carbocycles. The average molecular weight is 354 g/mol. The molecule has 2 fully saturated rings. The molecule has 1 amide bonds. The van der Waals surface area contributed by atoms with Gasteiger partial charge in [-0.15, -0.1) is 0 Å². The lowest BCUT2D eigenvalue weighted by molar-refractivity contribution is -0.0157. The maximum absolute atomic E-state index is 13.5. The van der Waals surface area contributed by atoms with Gasteiger partial charge in [-0.1, -0.05) is 0 Å². The topological polar surface area (TPSA) is 42.0 Å². The molecule has 0 unspecified atom stereocenters. The molecule has 25 heavy (non-hydrogen) atoms. The normalized spacial score (nSPS) is 26.7. The molecule has 1 aromatic rings. The highest BCUT2D eigenvalue weighted by molar-refractivity contribution is 5.94. The van der Waals surface area contributed by atoms with Crippen molar-refractivity contribution in [2.24, 2.45) is 5.92 Å². The average Bonchev–Trinajstić information content (AvgIpc) is 3.05. The SMILES string of the molecule is COCCN1C[C@@H]2[C@@H](OC)CCN(C(=O)c3ccc(F)c(F)c3)[C@@H]2C1. The van der Waals surface area contributed by atoms with E-state index in [1.165, 1.54) is 6.07 Å². The summed E-state index contributed by atoms with van der Waals surface area (Å²) in [6.07, 6.45) is 0.845. The van der Waals surface area contributed by atoms with Gasteiger partial charge in [0, 0.05) is 51.9 Å². The first-order valence-corrected chi connectivity index (χ1v) is 8.55. The number of carbonyl (C=O) groups excluding carboxylic acids is 1. The highest BCUT2D eigenvalue weighted by atomic mass is 19.2. The van der Waals surface area contributed by atoms with Crippen LogP contribution in [0.25, 0.3) is 0 Å². The first-order chi connectivity index (χ1) is 12.0. The minimum absolute atomic E-state index is 0.0103. The second kappa shape index (κ2) is 7.76. The summed E-state index contributed by atoms with van der Waals surface area (Å²) < 4.78 is 37.4. The second-order valence-corrected chi connectivity index (χ2v) is 6.67. The zero-order valence-corrected chi connectivity index (χ0v) is 14.6. The van der Waals surface area contributed by atoms with Gasteiger partial charge in [0.2, 0.25) is 0 Å². The third kappa shape index (κ3) is 3.68. The Labute approximate surface area is 146 Å². The van der Waals surface area contributed by atoms with Gasteiger partial charge in [-0.05, 0) is 24.6 Å². The van der Waals surface area contributed by atoms with Crippen molar-refractivity contribution < 1.29 is 23.0 Å². The molecule has 2 saturated heterocycles. The summed E-state index contributed by atoms with van der Waals surface area (Å²) in [5, 5.41) is 0. The van der Waals surface area contributed by atoms with Crippen LogP contribution in [-0.2, 0) is 9.47 Å². The number of halogens is 2. The van der Waals surface area contributed by atoms with Gasteiger partial charge in [0.25, 0.3) is 5.91 Å². The number of hydrogen-bond donors (Lipinski definition) is 0. The van der Waals surface area contributed by atoms with Crippen molar-refractivity contribution in [1.29, 1.82) is 0 Å². The van der Waals surface area contributed by atoms with Crippen LogP contribution < -0.4 is 0 Å². The molecule has 0 radical (unpaired) electrons. The zero-order chi connectivity index (χ0) is 18.0. The standard InChI is InChI=1S/C18H24F2N2O3/c1-24-8-7-21-10-13-16(11-21)22(6-5-17(13)25-2)18(23)12-3-4-14(19)15(20)9-12/h3-4,9,13,16-17H,5-8,10-11H2,1-2H3/t13-,16+,17-/m0/s1. The number of ether oxygens (including phenoxy) is 2. The molecule has 0 aromatic heterocycles. The second-order valence-electron chi connectivity index (χ2n) is 6.67. The molecule has 1 aromatic carbocycles.